The van der Waals surface area contributed by atoms with E-state index < -0.39 is 118 Å². The van der Waals surface area contributed by atoms with Gasteiger partial charge in [0.2, 0.25) is 13.2 Å². The number of nitrogen functional groups attached to an aromatic ring is 2. The predicted octanol–water partition coefficient (Wildman–Crippen LogP) is -11.0. The van der Waals surface area contributed by atoms with Gasteiger partial charge in [-0.15, -0.1) is 46.2 Å². The van der Waals surface area contributed by atoms with E-state index in [2.05, 4.69) is 40.6 Å². The quantitative estimate of drug-likeness (QED) is 0.0265. The molecule has 352 valence electrons. The van der Waals surface area contributed by atoms with Crippen LogP contribution in [0, 0.1) is 0 Å². The molecule has 4 amide bonds. The van der Waals surface area contributed by atoms with Crippen molar-refractivity contribution in [1.82, 2.24) is 30.4 Å². The number of rotatable bonds is 18. The predicted molar refractivity (Wildman–Crippen MR) is 221 cm³/mol. The Bertz CT molecular complexity index is 2350. The molecule has 2 fully saturated rings. The SMILES string of the molecule is CC(=O)OCC1=C(C(=O)[O-])N2C(=O)C(NC(=O)C(=NOCC(=O)O)c3csc(N)n3)[C@H]2SC1.CC(=O)OCC1=C(C(=O)[O-])N2C(=O)C(NC(=O)C(=NOCC(=O)O)c3csc(N)n3)[C@H]2SC1.[Na+].[Na+]. The Labute approximate surface area is 441 Å². The Morgan fingerprint density at radius 1 is 0.706 bits per heavy atom. The van der Waals surface area contributed by atoms with Gasteiger partial charge in [-0.2, -0.15) is 0 Å². The van der Waals surface area contributed by atoms with Crippen LogP contribution in [-0.2, 0) is 67.1 Å². The molecule has 4 atom stereocenters. The van der Waals surface area contributed by atoms with Gasteiger partial charge in [0, 0.05) is 47.3 Å². The van der Waals surface area contributed by atoms with E-state index in [9.17, 15) is 58.2 Å². The fourth-order valence-electron chi connectivity index (χ4n) is 5.87. The zero-order valence-corrected chi connectivity index (χ0v) is 42.9. The van der Waals surface area contributed by atoms with Crippen LogP contribution in [0.2, 0.25) is 0 Å². The first-order valence-electron chi connectivity index (χ1n) is 18.1. The average molecular weight is 1040 g/mol. The Balaban J connectivity index is 0.000000350. The zero-order chi connectivity index (χ0) is 48.6. The van der Waals surface area contributed by atoms with Crippen LogP contribution in [0.3, 0.4) is 0 Å². The Kier molecular flexibility index (Phi) is 21.2. The normalized spacial score (nSPS) is 19.4. The Morgan fingerprint density at radius 2 is 1.06 bits per heavy atom. The number of carboxylic acids is 4. The first kappa shape index (κ1) is 57.0. The molecule has 4 aliphatic rings. The van der Waals surface area contributed by atoms with Crippen LogP contribution < -0.4 is 91.4 Å². The van der Waals surface area contributed by atoms with Gasteiger partial charge in [0.25, 0.3) is 23.6 Å². The largest absolute Gasteiger partial charge is 1.00 e. The minimum Gasteiger partial charge on any atom is -0.543 e. The molecular formula is C34H32N10Na2O18S4. The van der Waals surface area contributed by atoms with Gasteiger partial charge in [-0.05, 0) is 0 Å². The zero-order valence-electron chi connectivity index (χ0n) is 35.6. The number of fused-ring (bicyclic) bond motifs is 2. The van der Waals surface area contributed by atoms with E-state index in [4.69, 9.17) is 31.2 Å². The second-order valence-electron chi connectivity index (χ2n) is 13.1. The smallest absolute Gasteiger partial charge is 0.543 e. The number of carbonyl (C=O) groups is 10. The summed E-state index contributed by atoms with van der Waals surface area (Å²) in [7, 11) is 0. The summed E-state index contributed by atoms with van der Waals surface area (Å²) < 4.78 is 9.67. The number of oxime groups is 2. The third-order valence-electron chi connectivity index (χ3n) is 8.60. The van der Waals surface area contributed by atoms with Crippen LogP contribution in [-0.4, -0.2) is 162 Å². The molecule has 0 saturated carbocycles. The standard InChI is InChI=1S/2C17H17N5O9S2.2Na/c2*1-6(23)30-2-7-4-32-15-11(14(27)22(15)12(7)16(28)29)20-13(26)10(21-31-3-9(24)25)8-5-33-17(18)19-8;;/h2*5,11,15H,2-4H2,1H3,(H2,18,19)(H,20,26)(H,24,25)(H,28,29);;/q;;2*+1/p-2/t2*11?,15-;;/m11../s1. The maximum atomic E-state index is 12.8. The number of aliphatic carboxylic acids is 4. The number of aromatic nitrogens is 2. The second-order valence-corrected chi connectivity index (χ2v) is 17.1. The van der Waals surface area contributed by atoms with E-state index in [-0.39, 0.29) is 117 Å². The third-order valence-corrected chi connectivity index (χ3v) is 12.6. The van der Waals surface area contributed by atoms with Gasteiger partial charge < -0.3 is 71.3 Å². The van der Waals surface area contributed by atoms with Gasteiger partial charge >= 0.3 is 83.0 Å². The number of hydrogen-bond donors (Lipinski definition) is 6. The number of anilines is 2. The molecule has 2 aromatic heterocycles. The summed E-state index contributed by atoms with van der Waals surface area (Å²) >= 11 is 4.29. The average Bonchev–Trinajstić information content (AvgIpc) is 3.89. The summed E-state index contributed by atoms with van der Waals surface area (Å²) in [6, 6.07) is -2.24. The summed E-state index contributed by atoms with van der Waals surface area (Å²) in [5.74, 6) is -10.2. The van der Waals surface area contributed by atoms with Crippen molar-refractivity contribution in [2.24, 2.45) is 10.3 Å². The monoisotopic (exact) mass is 1040 g/mol. The molecular weight excluding hydrogens is 1010 g/mol. The number of esters is 2. The summed E-state index contributed by atoms with van der Waals surface area (Å²) in [5.41, 5.74) is 9.84. The van der Waals surface area contributed by atoms with E-state index in [1.165, 1.54) is 10.8 Å². The molecule has 4 aliphatic heterocycles. The minimum atomic E-state index is -1.62. The molecule has 0 spiro atoms. The van der Waals surface area contributed by atoms with Crippen LogP contribution in [0.25, 0.3) is 0 Å². The van der Waals surface area contributed by atoms with Crippen molar-refractivity contribution in [2.45, 2.75) is 36.7 Å². The number of carbonyl (C=O) groups excluding carboxylic acids is 8. The first-order valence-corrected chi connectivity index (χ1v) is 22.0. The number of carboxylic acid groups (broad SMARTS) is 4. The topological polar surface area (TPSA) is 427 Å². The van der Waals surface area contributed by atoms with Crippen LogP contribution >= 0.6 is 46.2 Å². The maximum Gasteiger partial charge on any atom is 1.00 e. The number of β-lactam (4-membered cyclic amide) rings is 2. The van der Waals surface area contributed by atoms with Crippen LogP contribution in [0.15, 0.2) is 43.6 Å². The summed E-state index contributed by atoms with van der Waals surface area (Å²) in [6.45, 7) is 0.0390. The molecule has 0 aromatic carbocycles. The van der Waals surface area contributed by atoms with Gasteiger partial charge in [0.1, 0.15) is 47.4 Å². The number of amides is 4. The maximum absolute atomic E-state index is 12.8. The second kappa shape index (κ2) is 25.3. The number of nitrogens with one attached hydrogen (secondary N) is 2. The first-order chi connectivity index (χ1) is 31.2. The molecule has 8 N–H and O–H groups in total. The van der Waals surface area contributed by atoms with Crippen molar-refractivity contribution in [3.63, 3.8) is 0 Å². The molecule has 0 bridgehead atoms. The Morgan fingerprint density at radius 3 is 1.34 bits per heavy atom. The van der Waals surface area contributed by atoms with Gasteiger partial charge in [-0.1, -0.05) is 10.3 Å². The molecule has 2 saturated heterocycles. The third kappa shape index (κ3) is 13.9. The summed E-state index contributed by atoms with van der Waals surface area (Å²) in [5, 5.41) is 54.0. The number of thioether (sulfide) groups is 2. The molecule has 6 heterocycles. The number of ether oxygens (including phenoxy) is 2. The van der Waals surface area contributed by atoms with Gasteiger partial charge in [-0.3, -0.25) is 38.6 Å². The van der Waals surface area contributed by atoms with E-state index in [1.807, 2.05) is 0 Å². The van der Waals surface area contributed by atoms with Gasteiger partial charge in [-0.25, -0.2) is 19.6 Å². The molecule has 2 unspecified atom stereocenters. The summed E-state index contributed by atoms with van der Waals surface area (Å²) in [4.78, 5) is 137. The van der Waals surface area contributed by atoms with E-state index in [0.29, 0.717) is 0 Å². The minimum absolute atomic E-state index is 0. The molecule has 2 aromatic rings. The molecule has 34 heteroatoms. The van der Waals surface area contributed by atoms with Crippen molar-refractivity contribution in [1.29, 1.82) is 0 Å². The van der Waals surface area contributed by atoms with Gasteiger partial charge in [0.05, 0.1) is 23.3 Å². The van der Waals surface area contributed by atoms with Crippen LogP contribution in [0.5, 0.6) is 0 Å². The molecule has 6 rings (SSSR count). The Hall–Kier alpha value is -5.32. The van der Waals surface area contributed by atoms with Crippen molar-refractivity contribution < 1.29 is 147 Å². The van der Waals surface area contributed by atoms with E-state index >= 15 is 0 Å². The molecule has 0 aliphatic carbocycles. The fraction of sp³-hybridized carbons (Fsp3) is 0.353. The van der Waals surface area contributed by atoms with Crippen molar-refractivity contribution in [2.75, 3.05) is 49.4 Å². The van der Waals surface area contributed by atoms with Crippen LogP contribution in [0.4, 0.5) is 10.3 Å². The van der Waals surface area contributed by atoms with Crippen molar-refractivity contribution in [3.05, 3.63) is 44.7 Å². The van der Waals surface area contributed by atoms with E-state index in [1.54, 1.807) is 0 Å². The number of nitrogens with two attached hydrogens (primary N) is 2. The van der Waals surface area contributed by atoms with Crippen molar-refractivity contribution in [3.8, 4) is 0 Å². The van der Waals surface area contributed by atoms with Crippen LogP contribution in [0.1, 0.15) is 25.2 Å². The summed E-state index contributed by atoms with van der Waals surface area (Å²) in [6.07, 6.45) is 0. The fourth-order valence-corrected chi connectivity index (χ4v) is 9.62. The van der Waals surface area contributed by atoms with E-state index in [0.717, 1.165) is 69.8 Å². The van der Waals surface area contributed by atoms with Crippen molar-refractivity contribution >= 4 is 127 Å². The molecule has 0 radical (unpaired) electrons. The number of nitrogens with zero attached hydrogens (tertiary/aromatic N) is 6. The number of hydrogen-bond acceptors (Lipinski definition) is 26. The molecule has 68 heavy (non-hydrogen) atoms. The molecule has 28 nitrogen and oxygen atoms in total. The number of thiazole rings is 2. The van der Waals surface area contributed by atoms with Gasteiger partial charge in [0.15, 0.2) is 21.7 Å².